The lowest BCUT2D eigenvalue weighted by atomic mass is 10.2. The second-order valence-electron chi connectivity index (χ2n) is 4.43. The summed E-state index contributed by atoms with van der Waals surface area (Å²) in [4.78, 5) is 4.57. The lowest BCUT2D eigenvalue weighted by Gasteiger charge is -2.12. The van der Waals surface area contributed by atoms with Gasteiger partial charge in [-0.15, -0.1) is 0 Å². The maximum atomic E-state index is 5.95. The monoisotopic (exact) mass is 297 g/mol. The van der Waals surface area contributed by atoms with Crippen molar-refractivity contribution in [3.63, 3.8) is 0 Å². The second-order valence-corrected chi connectivity index (χ2v) is 4.87. The number of unbranched alkanes of at least 4 members (excludes halogenated alkanes) is 1. The first-order valence-corrected chi connectivity index (χ1v) is 7.43. The Labute approximate surface area is 126 Å². The molecule has 0 aromatic heterocycles. The molecule has 0 spiro atoms. The van der Waals surface area contributed by atoms with Crippen molar-refractivity contribution in [1.29, 1.82) is 0 Å². The van der Waals surface area contributed by atoms with E-state index >= 15 is 0 Å². The first kappa shape index (κ1) is 16.6. The number of rotatable bonds is 7. The van der Waals surface area contributed by atoms with E-state index in [2.05, 4.69) is 29.5 Å². The largest absolute Gasteiger partial charge is 0.496 e. The summed E-state index contributed by atoms with van der Waals surface area (Å²) in [5, 5.41) is 7.21. The summed E-state index contributed by atoms with van der Waals surface area (Å²) in [6.45, 7) is 6.56. The summed E-state index contributed by atoms with van der Waals surface area (Å²) in [6.07, 6.45) is 2.30. The van der Waals surface area contributed by atoms with Crippen LogP contribution in [-0.4, -0.2) is 26.2 Å². The molecular formula is C15H24ClN3O. The van der Waals surface area contributed by atoms with E-state index in [0.717, 1.165) is 43.2 Å². The van der Waals surface area contributed by atoms with Crippen LogP contribution in [0.4, 0.5) is 0 Å². The van der Waals surface area contributed by atoms with Gasteiger partial charge in [0.2, 0.25) is 0 Å². The minimum absolute atomic E-state index is 0.557. The number of nitrogens with one attached hydrogen (secondary N) is 2. The van der Waals surface area contributed by atoms with Crippen molar-refractivity contribution in [2.75, 3.05) is 20.2 Å². The minimum Gasteiger partial charge on any atom is -0.496 e. The number of ether oxygens (including phenoxy) is 1. The van der Waals surface area contributed by atoms with Gasteiger partial charge in [0.25, 0.3) is 0 Å². The molecule has 0 atom stereocenters. The molecule has 0 heterocycles. The molecule has 112 valence electrons. The molecule has 1 aromatic carbocycles. The number of aliphatic imine (C=N–C) groups is 1. The average molecular weight is 298 g/mol. The van der Waals surface area contributed by atoms with Gasteiger partial charge >= 0.3 is 0 Å². The number of hydrogen-bond donors (Lipinski definition) is 2. The van der Waals surface area contributed by atoms with Crippen LogP contribution in [0.5, 0.6) is 5.75 Å². The SMILES string of the molecule is CCCCNC(=NCc1ccc(Cl)cc1OC)NCC. The Morgan fingerprint density at radius 3 is 2.75 bits per heavy atom. The van der Waals surface area contributed by atoms with E-state index in [1.807, 2.05) is 18.2 Å². The number of guanidine groups is 1. The summed E-state index contributed by atoms with van der Waals surface area (Å²) in [6, 6.07) is 5.61. The first-order valence-electron chi connectivity index (χ1n) is 7.05. The van der Waals surface area contributed by atoms with E-state index in [9.17, 15) is 0 Å². The maximum Gasteiger partial charge on any atom is 0.191 e. The molecule has 0 aliphatic heterocycles. The second kappa shape index (κ2) is 9.48. The van der Waals surface area contributed by atoms with Crippen molar-refractivity contribution in [3.05, 3.63) is 28.8 Å². The third-order valence-electron chi connectivity index (χ3n) is 2.82. The highest BCUT2D eigenvalue weighted by Gasteiger charge is 2.04. The number of methoxy groups -OCH3 is 1. The normalized spacial score (nSPS) is 11.3. The molecule has 0 amide bonds. The molecule has 20 heavy (non-hydrogen) atoms. The van der Waals surface area contributed by atoms with E-state index in [1.54, 1.807) is 7.11 Å². The fraction of sp³-hybridized carbons (Fsp3) is 0.533. The summed E-state index contributed by atoms with van der Waals surface area (Å²) >= 11 is 5.95. The molecule has 1 aromatic rings. The zero-order valence-corrected chi connectivity index (χ0v) is 13.3. The molecule has 0 aliphatic carbocycles. The molecule has 0 bridgehead atoms. The smallest absolute Gasteiger partial charge is 0.191 e. The first-order chi connectivity index (χ1) is 9.71. The van der Waals surface area contributed by atoms with Crippen LogP contribution in [0, 0.1) is 0 Å². The fourth-order valence-electron chi connectivity index (χ4n) is 1.74. The van der Waals surface area contributed by atoms with Gasteiger partial charge in [-0.2, -0.15) is 0 Å². The van der Waals surface area contributed by atoms with E-state index in [1.165, 1.54) is 0 Å². The van der Waals surface area contributed by atoms with Crippen molar-refractivity contribution in [2.24, 2.45) is 4.99 Å². The Morgan fingerprint density at radius 2 is 2.10 bits per heavy atom. The van der Waals surface area contributed by atoms with Crippen LogP contribution >= 0.6 is 11.6 Å². The molecule has 0 fully saturated rings. The molecule has 2 N–H and O–H groups in total. The van der Waals surface area contributed by atoms with Gasteiger partial charge in [0.15, 0.2) is 5.96 Å². The van der Waals surface area contributed by atoms with Gasteiger partial charge in [-0.3, -0.25) is 0 Å². The standard InChI is InChI=1S/C15H24ClN3O/c1-4-6-9-18-15(17-5-2)19-11-12-7-8-13(16)10-14(12)20-3/h7-8,10H,4-6,9,11H2,1-3H3,(H2,17,18,19). The fourth-order valence-corrected chi connectivity index (χ4v) is 1.90. The van der Waals surface area contributed by atoms with Crippen LogP contribution in [0.3, 0.4) is 0 Å². The van der Waals surface area contributed by atoms with Crippen LogP contribution in [0.25, 0.3) is 0 Å². The highest BCUT2D eigenvalue weighted by Crippen LogP contribution is 2.23. The van der Waals surface area contributed by atoms with Crippen LogP contribution in [0.2, 0.25) is 5.02 Å². The molecule has 0 aliphatic rings. The van der Waals surface area contributed by atoms with Gasteiger partial charge in [-0.05, 0) is 25.5 Å². The maximum absolute atomic E-state index is 5.95. The van der Waals surface area contributed by atoms with E-state index in [4.69, 9.17) is 16.3 Å². The zero-order chi connectivity index (χ0) is 14.8. The van der Waals surface area contributed by atoms with Crippen molar-refractivity contribution in [3.8, 4) is 5.75 Å². The number of hydrogen-bond acceptors (Lipinski definition) is 2. The molecule has 0 saturated heterocycles. The Bertz CT molecular complexity index is 435. The van der Waals surface area contributed by atoms with Crippen molar-refractivity contribution < 1.29 is 4.74 Å². The quantitative estimate of drug-likeness (QED) is 0.461. The van der Waals surface area contributed by atoms with Crippen molar-refractivity contribution >= 4 is 17.6 Å². The van der Waals surface area contributed by atoms with E-state index < -0.39 is 0 Å². The zero-order valence-electron chi connectivity index (χ0n) is 12.5. The van der Waals surface area contributed by atoms with Crippen LogP contribution < -0.4 is 15.4 Å². The lowest BCUT2D eigenvalue weighted by molar-refractivity contribution is 0.410. The van der Waals surface area contributed by atoms with Gasteiger partial charge in [-0.1, -0.05) is 31.0 Å². The topological polar surface area (TPSA) is 45.7 Å². The van der Waals surface area contributed by atoms with Crippen molar-refractivity contribution in [1.82, 2.24) is 10.6 Å². The Morgan fingerprint density at radius 1 is 1.30 bits per heavy atom. The predicted molar refractivity (Wildman–Crippen MR) is 85.7 cm³/mol. The molecule has 5 heteroatoms. The summed E-state index contributed by atoms with van der Waals surface area (Å²) in [5.74, 6) is 1.60. The number of nitrogens with zero attached hydrogens (tertiary/aromatic N) is 1. The third-order valence-corrected chi connectivity index (χ3v) is 3.06. The Hall–Kier alpha value is -1.42. The molecular weight excluding hydrogens is 274 g/mol. The molecule has 1 rings (SSSR count). The highest BCUT2D eigenvalue weighted by atomic mass is 35.5. The van der Waals surface area contributed by atoms with Gasteiger partial charge in [0.05, 0.1) is 13.7 Å². The lowest BCUT2D eigenvalue weighted by Crippen LogP contribution is -2.37. The van der Waals surface area contributed by atoms with Gasteiger partial charge < -0.3 is 15.4 Å². The van der Waals surface area contributed by atoms with E-state index in [-0.39, 0.29) is 0 Å². The van der Waals surface area contributed by atoms with Crippen LogP contribution in [0.15, 0.2) is 23.2 Å². The Kier molecular flexibility index (Phi) is 7.88. The minimum atomic E-state index is 0.557. The van der Waals surface area contributed by atoms with Gasteiger partial charge in [0, 0.05) is 23.7 Å². The summed E-state index contributed by atoms with van der Waals surface area (Å²) in [5.41, 5.74) is 1.02. The number of halogens is 1. The average Bonchev–Trinajstić information content (AvgIpc) is 2.45. The van der Waals surface area contributed by atoms with Gasteiger partial charge in [-0.25, -0.2) is 4.99 Å². The molecule has 0 radical (unpaired) electrons. The molecule has 0 saturated carbocycles. The Balaban J connectivity index is 2.70. The molecule has 4 nitrogen and oxygen atoms in total. The highest BCUT2D eigenvalue weighted by molar-refractivity contribution is 6.30. The predicted octanol–water partition coefficient (Wildman–Crippen LogP) is 3.20. The van der Waals surface area contributed by atoms with Crippen LogP contribution in [-0.2, 0) is 6.54 Å². The van der Waals surface area contributed by atoms with Crippen molar-refractivity contribution in [2.45, 2.75) is 33.2 Å². The summed E-state index contributed by atoms with van der Waals surface area (Å²) < 4.78 is 5.32. The molecule has 0 unspecified atom stereocenters. The van der Waals surface area contributed by atoms with E-state index in [0.29, 0.717) is 11.6 Å². The van der Waals surface area contributed by atoms with Crippen LogP contribution in [0.1, 0.15) is 32.3 Å². The van der Waals surface area contributed by atoms with Gasteiger partial charge in [0.1, 0.15) is 5.75 Å². The number of benzene rings is 1. The third kappa shape index (κ3) is 5.70. The summed E-state index contributed by atoms with van der Waals surface area (Å²) in [7, 11) is 1.64.